The number of rotatable bonds is 4. The zero-order chi connectivity index (χ0) is 13.2. The van der Waals surface area contributed by atoms with Crippen LogP contribution in [0.2, 0.25) is 0 Å². The van der Waals surface area contributed by atoms with Crippen molar-refractivity contribution in [1.82, 2.24) is 14.8 Å². The van der Waals surface area contributed by atoms with Crippen LogP contribution >= 0.6 is 0 Å². The largest absolute Gasteiger partial charge is 0.379 e. The van der Waals surface area contributed by atoms with Gasteiger partial charge in [-0.05, 0) is 19.3 Å². The quantitative estimate of drug-likeness (QED) is 0.873. The normalized spacial score (nSPS) is 16.2. The van der Waals surface area contributed by atoms with E-state index in [4.69, 9.17) is 10.5 Å². The first kappa shape index (κ1) is 14.1. The molecule has 0 bridgehead atoms. The van der Waals surface area contributed by atoms with Crippen molar-refractivity contribution in [3.8, 4) is 0 Å². The summed E-state index contributed by atoms with van der Waals surface area (Å²) < 4.78 is 7.38. The Morgan fingerprint density at radius 2 is 1.94 bits per heavy atom. The molecule has 0 aliphatic carbocycles. The fourth-order valence-corrected chi connectivity index (χ4v) is 2.07. The van der Waals surface area contributed by atoms with E-state index in [9.17, 15) is 0 Å². The third-order valence-electron chi connectivity index (χ3n) is 2.82. The summed E-state index contributed by atoms with van der Waals surface area (Å²) in [7, 11) is 1.69. The van der Waals surface area contributed by atoms with Crippen LogP contribution in [-0.4, -0.2) is 28.0 Å². The molecule has 2 unspecified atom stereocenters. The molecule has 0 saturated heterocycles. The van der Waals surface area contributed by atoms with Gasteiger partial charge in [-0.25, -0.2) is 9.67 Å². The maximum absolute atomic E-state index is 6.27. The van der Waals surface area contributed by atoms with Crippen LogP contribution in [0.4, 0.5) is 0 Å². The minimum Gasteiger partial charge on any atom is -0.379 e. The van der Waals surface area contributed by atoms with Crippen LogP contribution in [0, 0.1) is 5.41 Å². The Morgan fingerprint density at radius 1 is 1.35 bits per heavy atom. The predicted molar refractivity (Wildman–Crippen MR) is 67.6 cm³/mol. The minimum atomic E-state index is -0.273. The summed E-state index contributed by atoms with van der Waals surface area (Å²) in [5.74, 6) is 0.779. The fraction of sp³-hybridized carbons (Fsp3) is 0.833. The SMILES string of the molecule is COC(C(N)c1ncnn1C(C)C)C(C)(C)C. The van der Waals surface area contributed by atoms with Gasteiger partial charge in [-0.2, -0.15) is 5.10 Å². The minimum absolute atomic E-state index is 0.0398. The van der Waals surface area contributed by atoms with Crippen molar-refractivity contribution in [2.45, 2.75) is 52.8 Å². The van der Waals surface area contributed by atoms with Crippen LogP contribution < -0.4 is 5.73 Å². The summed E-state index contributed by atoms with van der Waals surface area (Å²) in [5, 5.41) is 4.21. The van der Waals surface area contributed by atoms with E-state index in [2.05, 4.69) is 44.7 Å². The lowest BCUT2D eigenvalue weighted by atomic mass is 9.84. The molecule has 0 spiro atoms. The first-order valence-corrected chi connectivity index (χ1v) is 5.96. The average molecular weight is 240 g/mol. The Labute approximate surface area is 103 Å². The fourth-order valence-electron chi connectivity index (χ4n) is 2.07. The van der Waals surface area contributed by atoms with Gasteiger partial charge in [-0.15, -0.1) is 0 Å². The van der Waals surface area contributed by atoms with E-state index < -0.39 is 0 Å². The predicted octanol–water partition coefficient (Wildman–Crippen LogP) is 1.92. The highest BCUT2D eigenvalue weighted by molar-refractivity contribution is 5.00. The van der Waals surface area contributed by atoms with Crippen LogP contribution in [0.5, 0.6) is 0 Å². The molecular weight excluding hydrogens is 216 g/mol. The van der Waals surface area contributed by atoms with Crippen molar-refractivity contribution in [2.75, 3.05) is 7.11 Å². The summed E-state index contributed by atoms with van der Waals surface area (Å²) in [6, 6.07) is -0.0269. The molecule has 1 aromatic heterocycles. The molecule has 1 heterocycles. The lowest BCUT2D eigenvalue weighted by molar-refractivity contribution is -0.00549. The summed E-state index contributed by atoms with van der Waals surface area (Å²) in [6.45, 7) is 10.4. The second-order valence-electron chi connectivity index (χ2n) is 5.70. The van der Waals surface area contributed by atoms with Crippen LogP contribution in [-0.2, 0) is 4.74 Å². The summed E-state index contributed by atoms with van der Waals surface area (Å²) in [5.41, 5.74) is 6.23. The second kappa shape index (κ2) is 5.14. The van der Waals surface area contributed by atoms with Gasteiger partial charge in [-0.3, -0.25) is 0 Å². The summed E-state index contributed by atoms with van der Waals surface area (Å²) >= 11 is 0. The molecule has 0 radical (unpaired) electrons. The van der Waals surface area contributed by atoms with Gasteiger partial charge >= 0.3 is 0 Å². The molecule has 0 aliphatic heterocycles. The smallest absolute Gasteiger partial charge is 0.146 e. The Bertz CT molecular complexity index is 354. The van der Waals surface area contributed by atoms with E-state index in [0.29, 0.717) is 0 Å². The number of hydrogen-bond acceptors (Lipinski definition) is 4. The van der Waals surface area contributed by atoms with Crippen molar-refractivity contribution in [2.24, 2.45) is 11.1 Å². The highest BCUT2D eigenvalue weighted by atomic mass is 16.5. The van der Waals surface area contributed by atoms with E-state index in [-0.39, 0.29) is 23.6 Å². The molecule has 0 aromatic carbocycles. The van der Waals surface area contributed by atoms with E-state index >= 15 is 0 Å². The number of nitrogens with zero attached hydrogens (tertiary/aromatic N) is 3. The molecule has 5 heteroatoms. The highest BCUT2D eigenvalue weighted by Crippen LogP contribution is 2.30. The molecule has 2 atom stereocenters. The van der Waals surface area contributed by atoms with E-state index in [1.54, 1.807) is 13.4 Å². The van der Waals surface area contributed by atoms with Gasteiger partial charge in [0.15, 0.2) is 0 Å². The Kier molecular flexibility index (Phi) is 4.27. The number of nitrogens with two attached hydrogens (primary N) is 1. The van der Waals surface area contributed by atoms with Gasteiger partial charge in [0.25, 0.3) is 0 Å². The topological polar surface area (TPSA) is 66.0 Å². The van der Waals surface area contributed by atoms with Crippen LogP contribution in [0.3, 0.4) is 0 Å². The first-order valence-electron chi connectivity index (χ1n) is 5.96. The Morgan fingerprint density at radius 3 is 2.35 bits per heavy atom. The number of methoxy groups -OCH3 is 1. The molecule has 0 aliphatic rings. The van der Waals surface area contributed by atoms with Crippen LogP contribution in [0.25, 0.3) is 0 Å². The standard InChI is InChI=1S/C12H24N4O/c1-8(2)16-11(14-7-15-16)9(13)10(17-6)12(3,4)5/h7-10H,13H2,1-6H3. The molecule has 17 heavy (non-hydrogen) atoms. The van der Waals surface area contributed by atoms with Gasteiger partial charge in [0.1, 0.15) is 12.2 Å². The summed E-state index contributed by atoms with van der Waals surface area (Å²) in [6.07, 6.45) is 1.45. The molecule has 0 fully saturated rings. The van der Waals surface area contributed by atoms with Gasteiger partial charge in [0.2, 0.25) is 0 Å². The lowest BCUT2D eigenvalue weighted by Crippen LogP contribution is -2.40. The second-order valence-corrected chi connectivity index (χ2v) is 5.70. The number of hydrogen-bond donors (Lipinski definition) is 1. The van der Waals surface area contributed by atoms with Gasteiger partial charge in [-0.1, -0.05) is 20.8 Å². The number of ether oxygens (including phenoxy) is 1. The molecule has 5 nitrogen and oxygen atoms in total. The molecule has 98 valence electrons. The number of aromatic nitrogens is 3. The van der Waals surface area contributed by atoms with Crippen molar-refractivity contribution >= 4 is 0 Å². The van der Waals surface area contributed by atoms with Crippen molar-refractivity contribution in [3.05, 3.63) is 12.2 Å². The third-order valence-corrected chi connectivity index (χ3v) is 2.82. The van der Waals surface area contributed by atoms with Gasteiger partial charge < -0.3 is 10.5 Å². The maximum atomic E-state index is 6.27. The Balaban J connectivity index is 3.02. The van der Waals surface area contributed by atoms with Crippen molar-refractivity contribution < 1.29 is 4.74 Å². The van der Waals surface area contributed by atoms with E-state index in [1.807, 2.05) is 4.68 Å². The lowest BCUT2D eigenvalue weighted by Gasteiger charge is -2.33. The zero-order valence-electron chi connectivity index (χ0n) is 11.6. The molecular formula is C12H24N4O. The van der Waals surface area contributed by atoms with Crippen LogP contribution in [0.15, 0.2) is 6.33 Å². The van der Waals surface area contributed by atoms with E-state index in [1.165, 1.54) is 0 Å². The molecule has 2 N–H and O–H groups in total. The summed E-state index contributed by atoms with van der Waals surface area (Å²) in [4.78, 5) is 4.27. The maximum Gasteiger partial charge on any atom is 0.146 e. The zero-order valence-corrected chi connectivity index (χ0v) is 11.6. The van der Waals surface area contributed by atoms with Gasteiger partial charge in [0.05, 0.1) is 12.1 Å². The van der Waals surface area contributed by atoms with Crippen molar-refractivity contribution in [3.63, 3.8) is 0 Å². The third kappa shape index (κ3) is 3.04. The Hall–Kier alpha value is -0.940. The van der Waals surface area contributed by atoms with E-state index in [0.717, 1.165) is 5.82 Å². The van der Waals surface area contributed by atoms with Gasteiger partial charge in [0, 0.05) is 13.2 Å². The first-order chi connectivity index (χ1) is 7.79. The monoisotopic (exact) mass is 240 g/mol. The molecule has 0 amide bonds. The molecule has 0 saturated carbocycles. The van der Waals surface area contributed by atoms with Crippen LogP contribution in [0.1, 0.15) is 52.5 Å². The molecule has 1 aromatic rings. The molecule has 1 rings (SSSR count). The highest BCUT2D eigenvalue weighted by Gasteiger charge is 2.33. The average Bonchev–Trinajstić information content (AvgIpc) is 2.64. The van der Waals surface area contributed by atoms with Crippen molar-refractivity contribution in [1.29, 1.82) is 0 Å².